The van der Waals surface area contributed by atoms with Gasteiger partial charge in [-0.15, -0.1) is 0 Å². The molecule has 1 N–H and O–H groups in total. The van der Waals surface area contributed by atoms with Gasteiger partial charge in [0.2, 0.25) is 5.91 Å². The van der Waals surface area contributed by atoms with E-state index in [1.807, 2.05) is 25.1 Å². The highest BCUT2D eigenvalue weighted by Crippen LogP contribution is 2.29. The van der Waals surface area contributed by atoms with Crippen molar-refractivity contribution in [3.63, 3.8) is 0 Å². The van der Waals surface area contributed by atoms with Crippen LogP contribution < -0.4 is 5.32 Å². The molecule has 18 heavy (non-hydrogen) atoms. The van der Waals surface area contributed by atoms with E-state index in [0.717, 1.165) is 16.8 Å². The van der Waals surface area contributed by atoms with Crippen LogP contribution in [0.4, 0.5) is 5.69 Å². The van der Waals surface area contributed by atoms with Crippen molar-refractivity contribution in [1.82, 2.24) is 0 Å². The Labute approximate surface area is 105 Å². The number of nitrogens with one attached hydrogen (secondary N) is 1. The summed E-state index contributed by atoms with van der Waals surface area (Å²) in [5, 5.41) is 2.75. The quantitative estimate of drug-likeness (QED) is 0.843. The van der Waals surface area contributed by atoms with Gasteiger partial charge in [-0.3, -0.25) is 9.59 Å². The Morgan fingerprint density at radius 3 is 2.67 bits per heavy atom. The Bertz CT molecular complexity index is 599. The van der Waals surface area contributed by atoms with Crippen LogP contribution in [0.3, 0.4) is 0 Å². The molecular formula is C14H13NO3. The van der Waals surface area contributed by atoms with E-state index in [9.17, 15) is 9.59 Å². The van der Waals surface area contributed by atoms with Gasteiger partial charge < -0.3 is 9.73 Å². The zero-order valence-corrected chi connectivity index (χ0v) is 10.2. The number of hydrogen-bond donors (Lipinski definition) is 1. The molecule has 1 heterocycles. The fourth-order valence-electron chi connectivity index (χ4n) is 1.79. The fraction of sp³-hybridized carbons (Fsp3) is 0.143. The summed E-state index contributed by atoms with van der Waals surface area (Å²) in [4.78, 5) is 21.7. The van der Waals surface area contributed by atoms with Crippen molar-refractivity contribution >= 4 is 17.9 Å². The topological polar surface area (TPSA) is 59.3 Å². The molecule has 4 nitrogen and oxygen atoms in total. The van der Waals surface area contributed by atoms with E-state index in [-0.39, 0.29) is 11.7 Å². The van der Waals surface area contributed by atoms with Gasteiger partial charge in [0, 0.05) is 18.2 Å². The number of rotatable bonds is 3. The van der Waals surface area contributed by atoms with Crippen molar-refractivity contribution in [2.45, 2.75) is 13.8 Å². The first-order valence-electron chi connectivity index (χ1n) is 5.54. The van der Waals surface area contributed by atoms with Crippen LogP contribution in [0.1, 0.15) is 23.0 Å². The lowest BCUT2D eigenvalue weighted by Crippen LogP contribution is -2.07. The molecule has 0 saturated heterocycles. The van der Waals surface area contributed by atoms with Crippen molar-refractivity contribution < 1.29 is 14.0 Å². The first-order chi connectivity index (χ1) is 8.61. The first kappa shape index (κ1) is 12.1. The molecule has 0 fully saturated rings. The molecule has 2 aromatic rings. The SMILES string of the molecule is CC(=O)Nc1cccc(-c2ccc(C=O)o2)c1C. The predicted octanol–water partition coefficient (Wildman–Crippen LogP) is 3.03. The normalized spacial score (nSPS) is 10.1. The Hall–Kier alpha value is -2.36. The minimum atomic E-state index is -0.122. The third-order valence-electron chi connectivity index (χ3n) is 2.65. The highest BCUT2D eigenvalue weighted by molar-refractivity contribution is 5.91. The van der Waals surface area contributed by atoms with Gasteiger partial charge in [0.05, 0.1) is 0 Å². The molecule has 2 rings (SSSR count). The van der Waals surface area contributed by atoms with E-state index in [4.69, 9.17) is 4.42 Å². The molecule has 92 valence electrons. The largest absolute Gasteiger partial charge is 0.453 e. The number of carbonyl (C=O) groups is 2. The molecule has 0 atom stereocenters. The zero-order chi connectivity index (χ0) is 13.1. The summed E-state index contributed by atoms with van der Waals surface area (Å²) in [5.74, 6) is 0.777. The first-order valence-corrected chi connectivity index (χ1v) is 5.54. The smallest absolute Gasteiger partial charge is 0.221 e. The second kappa shape index (κ2) is 4.87. The van der Waals surface area contributed by atoms with Crippen molar-refractivity contribution in [2.75, 3.05) is 5.32 Å². The number of benzene rings is 1. The molecule has 0 radical (unpaired) electrons. The number of aldehydes is 1. The van der Waals surface area contributed by atoms with Gasteiger partial charge in [-0.1, -0.05) is 12.1 Å². The van der Waals surface area contributed by atoms with Crippen molar-refractivity contribution in [3.8, 4) is 11.3 Å². The van der Waals surface area contributed by atoms with Crippen LogP contribution in [-0.2, 0) is 4.79 Å². The average molecular weight is 243 g/mol. The molecule has 0 saturated carbocycles. The molecule has 0 spiro atoms. The maximum atomic E-state index is 11.1. The molecule has 1 aromatic heterocycles. The van der Waals surface area contributed by atoms with E-state index in [1.54, 1.807) is 12.1 Å². The molecule has 0 aliphatic carbocycles. The van der Waals surface area contributed by atoms with Crippen LogP contribution in [-0.4, -0.2) is 12.2 Å². The van der Waals surface area contributed by atoms with Crippen LogP contribution >= 0.6 is 0 Å². The Balaban J connectivity index is 2.44. The maximum Gasteiger partial charge on any atom is 0.221 e. The molecule has 4 heteroatoms. The fourth-order valence-corrected chi connectivity index (χ4v) is 1.79. The van der Waals surface area contributed by atoms with E-state index in [0.29, 0.717) is 12.0 Å². The van der Waals surface area contributed by atoms with Crippen LogP contribution in [0.5, 0.6) is 0 Å². The van der Waals surface area contributed by atoms with Gasteiger partial charge in [0.15, 0.2) is 12.0 Å². The summed E-state index contributed by atoms with van der Waals surface area (Å²) < 4.78 is 5.38. The monoisotopic (exact) mass is 243 g/mol. The predicted molar refractivity (Wildman–Crippen MR) is 68.6 cm³/mol. The summed E-state index contributed by atoms with van der Waals surface area (Å²) in [6.07, 6.45) is 0.663. The molecule has 0 unspecified atom stereocenters. The number of furan rings is 1. The highest BCUT2D eigenvalue weighted by Gasteiger charge is 2.10. The number of hydrogen-bond acceptors (Lipinski definition) is 3. The third-order valence-corrected chi connectivity index (χ3v) is 2.65. The zero-order valence-electron chi connectivity index (χ0n) is 10.2. The summed E-state index contributed by atoms with van der Waals surface area (Å²) in [7, 11) is 0. The molecule has 0 aliphatic rings. The summed E-state index contributed by atoms with van der Waals surface area (Å²) in [6.45, 7) is 3.35. The van der Waals surface area contributed by atoms with Crippen molar-refractivity contribution in [1.29, 1.82) is 0 Å². The van der Waals surface area contributed by atoms with Gasteiger partial charge >= 0.3 is 0 Å². The Morgan fingerprint density at radius 1 is 1.28 bits per heavy atom. The van der Waals surface area contributed by atoms with Gasteiger partial charge in [0.1, 0.15) is 5.76 Å². The van der Waals surface area contributed by atoms with Gasteiger partial charge in [-0.25, -0.2) is 0 Å². The second-order valence-corrected chi connectivity index (χ2v) is 3.98. The van der Waals surface area contributed by atoms with Gasteiger partial charge in [0.25, 0.3) is 0 Å². The standard InChI is InChI=1S/C14H13NO3/c1-9-12(14-7-6-11(8-16)18-14)4-3-5-13(9)15-10(2)17/h3-8H,1-2H3,(H,15,17). The van der Waals surface area contributed by atoms with Crippen molar-refractivity contribution in [2.24, 2.45) is 0 Å². The number of carbonyl (C=O) groups excluding carboxylic acids is 2. The lowest BCUT2D eigenvalue weighted by molar-refractivity contribution is -0.114. The summed E-state index contributed by atoms with van der Waals surface area (Å²) in [5.41, 5.74) is 2.50. The van der Waals surface area contributed by atoms with E-state index in [2.05, 4.69) is 5.32 Å². The Kier molecular flexibility index (Phi) is 3.28. The minimum absolute atomic E-state index is 0.122. The minimum Gasteiger partial charge on any atom is -0.453 e. The van der Waals surface area contributed by atoms with Crippen LogP contribution in [0.15, 0.2) is 34.7 Å². The van der Waals surface area contributed by atoms with Crippen molar-refractivity contribution in [3.05, 3.63) is 41.7 Å². The van der Waals surface area contributed by atoms with Gasteiger partial charge in [-0.2, -0.15) is 0 Å². The summed E-state index contributed by atoms with van der Waals surface area (Å²) >= 11 is 0. The highest BCUT2D eigenvalue weighted by atomic mass is 16.3. The third kappa shape index (κ3) is 2.32. The maximum absolute atomic E-state index is 11.1. The van der Waals surface area contributed by atoms with E-state index >= 15 is 0 Å². The van der Waals surface area contributed by atoms with Crippen LogP contribution in [0.2, 0.25) is 0 Å². The molecular weight excluding hydrogens is 230 g/mol. The van der Waals surface area contributed by atoms with Crippen LogP contribution in [0, 0.1) is 6.92 Å². The summed E-state index contributed by atoms with van der Waals surface area (Å²) in [6, 6.07) is 8.89. The molecule has 1 aromatic carbocycles. The average Bonchev–Trinajstić information content (AvgIpc) is 2.80. The second-order valence-electron chi connectivity index (χ2n) is 3.98. The van der Waals surface area contributed by atoms with Gasteiger partial charge in [-0.05, 0) is 30.7 Å². The molecule has 1 amide bonds. The Morgan fingerprint density at radius 2 is 2.06 bits per heavy atom. The van der Waals surface area contributed by atoms with E-state index in [1.165, 1.54) is 6.92 Å². The van der Waals surface area contributed by atoms with Crippen LogP contribution in [0.25, 0.3) is 11.3 Å². The lowest BCUT2D eigenvalue weighted by Gasteiger charge is -2.09. The van der Waals surface area contributed by atoms with E-state index < -0.39 is 0 Å². The molecule has 0 bridgehead atoms. The number of anilines is 1. The lowest BCUT2D eigenvalue weighted by atomic mass is 10.0. The number of amides is 1. The molecule has 0 aliphatic heterocycles.